The minimum absolute atomic E-state index is 0.0185. The quantitative estimate of drug-likeness (QED) is 0.572. The standard InChI is InChI=1S/C22H21BrN4O2/c1-25-15-24-19-14-17(5-8-20(19)25)22(29)27-12-10-26(11-13-27)21(28)9-4-16-2-6-18(23)7-3-16/h2-9,14-15H,10-13H2,1H3/b9-4+. The van der Waals surface area contributed by atoms with E-state index in [4.69, 9.17) is 0 Å². The molecule has 4 rings (SSSR count). The lowest BCUT2D eigenvalue weighted by Gasteiger charge is -2.34. The molecular formula is C22H21BrN4O2. The molecule has 0 bridgehead atoms. The van der Waals surface area contributed by atoms with Crippen molar-refractivity contribution in [2.24, 2.45) is 7.05 Å². The predicted octanol–water partition coefficient (Wildman–Crippen LogP) is 3.33. The van der Waals surface area contributed by atoms with E-state index in [1.165, 1.54) is 0 Å². The summed E-state index contributed by atoms with van der Waals surface area (Å²) in [7, 11) is 1.93. The number of carbonyl (C=O) groups excluding carboxylic acids is 2. The van der Waals surface area contributed by atoms with Crippen LogP contribution in [-0.2, 0) is 11.8 Å². The number of aryl methyl sites for hydroxylation is 1. The van der Waals surface area contributed by atoms with Crippen LogP contribution in [-0.4, -0.2) is 57.3 Å². The van der Waals surface area contributed by atoms with E-state index in [9.17, 15) is 9.59 Å². The van der Waals surface area contributed by atoms with Gasteiger partial charge in [0.1, 0.15) is 0 Å². The second kappa shape index (κ2) is 8.21. The van der Waals surface area contributed by atoms with Crippen molar-refractivity contribution in [2.75, 3.05) is 26.2 Å². The average Bonchev–Trinajstić information content (AvgIpc) is 3.13. The van der Waals surface area contributed by atoms with Crippen LogP contribution in [0.5, 0.6) is 0 Å². The van der Waals surface area contributed by atoms with Crippen LogP contribution in [0.15, 0.2) is 59.3 Å². The van der Waals surface area contributed by atoms with E-state index in [-0.39, 0.29) is 11.8 Å². The summed E-state index contributed by atoms with van der Waals surface area (Å²) >= 11 is 3.40. The average molecular weight is 453 g/mol. The molecule has 0 spiro atoms. The summed E-state index contributed by atoms with van der Waals surface area (Å²) in [4.78, 5) is 33.2. The first-order chi connectivity index (χ1) is 14.0. The number of halogens is 1. The van der Waals surface area contributed by atoms with Gasteiger partial charge >= 0.3 is 0 Å². The van der Waals surface area contributed by atoms with Crippen molar-refractivity contribution in [3.8, 4) is 0 Å². The van der Waals surface area contributed by atoms with Crippen molar-refractivity contribution in [1.82, 2.24) is 19.4 Å². The Morgan fingerprint density at radius 1 is 1.00 bits per heavy atom. The molecule has 0 unspecified atom stereocenters. The van der Waals surface area contributed by atoms with Crippen molar-refractivity contribution in [1.29, 1.82) is 0 Å². The molecule has 0 saturated carbocycles. The van der Waals surface area contributed by atoms with Crippen molar-refractivity contribution in [3.05, 3.63) is 70.5 Å². The Kier molecular flexibility index (Phi) is 5.49. The number of benzene rings is 2. The van der Waals surface area contributed by atoms with Gasteiger partial charge in [-0.15, -0.1) is 0 Å². The number of carbonyl (C=O) groups is 2. The van der Waals surface area contributed by atoms with E-state index in [1.54, 1.807) is 22.2 Å². The Balaban J connectivity index is 1.36. The van der Waals surface area contributed by atoms with Crippen LogP contribution in [0.2, 0.25) is 0 Å². The van der Waals surface area contributed by atoms with Gasteiger partial charge in [0.15, 0.2) is 0 Å². The first kappa shape index (κ1) is 19.4. The SMILES string of the molecule is Cn1cnc2cc(C(=O)N3CCN(C(=O)/C=C/c4ccc(Br)cc4)CC3)ccc21. The maximum absolute atomic E-state index is 12.8. The Morgan fingerprint density at radius 2 is 1.69 bits per heavy atom. The summed E-state index contributed by atoms with van der Waals surface area (Å²) in [6.45, 7) is 2.11. The number of hydrogen-bond donors (Lipinski definition) is 0. The number of nitrogens with zero attached hydrogens (tertiary/aromatic N) is 4. The van der Waals surface area contributed by atoms with Gasteiger partial charge in [0, 0.05) is 49.3 Å². The molecule has 1 aliphatic rings. The Labute approximate surface area is 177 Å². The lowest BCUT2D eigenvalue weighted by Crippen LogP contribution is -2.50. The number of aromatic nitrogens is 2. The van der Waals surface area contributed by atoms with E-state index in [2.05, 4.69) is 20.9 Å². The van der Waals surface area contributed by atoms with Crippen molar-refractivity contribution in [2.45, 2.75) is 0 Å². The number of piperazine rings is 1. The molecule has 2 amide bonds. The van der Waals surface area contributed by atoms with Gasteiger partial charge in [0.2, 0.25) is 5.91 Å². The lowest BCUT2D eigenvalue weighted by atomic mass is 10.1. The zero-order chi connectivity index (χ0) is 20.4. The van der Waals surface area contributed by atoms with Gasteiger partial charge < -0.3 is 14.4 Å². The molecular weight excluding hydrogens is 432 g/mol. The van der Waals surface area contributed by atoms with Crippen LogP contribution in [0.3, 0.4) is 0 Å². The van der Waals surface area contributed by atoms with Crippen molar-refractivity contribution >= 4 is 44.9 Å². The fourth-order valence-electron chi connectivity index (χ4n) is 3.43. The smallest absolute Gasteiger partial charge is 0.254 e. The first-order valence-corrected chi connectivity index (χ1v) is 10.2. The summed E-state index contributed by atoms with van der Waals surface area (Å²) in [5, 5.41) is 0. The largest absolute Gasteiger partial charge is 0.336 e. The number of amides is 2. The number of hydrogen-bond acceptors (Lipinski definition) is 3. The van der Waals surface area contributed by atoms with Gasteiger partial charge in [-0.25, -0.2) is 4.98 Å². The molecule has 0 radical (unpaired) electrons. The van der Waals surface area contributed by atoms with E-state index in [0.717, 1.165) is 21.1 Å². The van der Waals surface area contributed by atoms with Gasteiger partial charge in [0.25, 0.3) is 5.91 Å². The molecule has 7 heteroatoms. The van der Waals surface area contributed by atoms with Crippen LogP contribution in [0.25, 0.3) is 17.1 Å². The molecule has 1 saturated heterocycles. The monoisotopic (exact) mass is 452 g/mol. The Hall–Kier alpha value is -2.93. The summed E-state index contributed by atoms with van der Waals surface area (Å²) in [5.74, 6) is -0.0509. The third kappa shape index (κ3) is 4.24. The molecule has 1 aliphatic heterocycles. The van der Waals surface area contributed by atoms with E-state index >= 15 is 0 Å². The number of rotatable bonds is 3. The molecule has 0 atom stereocenters. The molecule has 0 N–H and O–H groups in total. The number of imidazole rings is 1. The maximum atomic E-state index is 12.8. The Morgan fingerprint density at radius 3 is 2.41 bits per heavy atom. The van der Waals surface area contributed by atoms with Crippen LogP contribution in [0, 0.1) is 0 Å². The minimum atomic E-state index is -0.0325. The normalized spacial score (nSPS) is 14.7. The topological polar surface area (TPSA) is 58.4 Å². The van der Waals surface area contributed by atoms with Crippen LogP contribution < -0.4 is 0 Å². The molecule has 1 aromatic heterocycles. The molecule has 148 valence electrons. The highest BCUT2D eigenvalue weighted by Crippen LogP contribution is 2.17. The molecule has 2 heterocycles. The summed E-state index contributed by atoms with van der Waals surface area (Å²) in [6.07, 6.45) is 5.15. The van der Waals surface area contributed by atoms with Gasteiger partial charge in [-0.3, -0.25) is 9.59 Å². The molecule has 1 fully saturated rings. The lowest BCUT2D eigenvalue weighted by molar-refractivity contribution is -0.127. The summed E-state index contributed by atoms with van der Waals surface area (Å²) in [5.41, 5.74) is 3.41. The zero-order valence-corrected chi connectivity index (χ0v) is 17.7. The third-order valence-electron chi connectivity index (χ3n) is 5.14. The highest BCUT2D eigenvalue weighted by molar-refractivity contribution is 9.10. The van der Waals surface area contributed by atoms with Crippen LogP contribution in [0.1, 0.15) is 15.9 Å². The summed E-state index contributed by atoms with van der Waals surface area (Å²) in [6, 6.07) is 13.4. The molecule has 29 heavy (non-hydrogen) atoms. The van der Waals surface area contributed by atoms with Gasteiger partial charge in [0.05, 0.1) is 17.4 Å². The summed E-state index contributed by atoms with van der Waals surface area (Å²) < 4.78 is 2.93. The highest BCUT2D eigenvalue weighted by atomic mass is 79.9. The maximum Gasteiger partial charge on any atom is 0.254 e. The van der Waals surface area contributed by atoms with E-state index in [1.807, 2.05) is 60.2 Å². The fraction of sp³-hybridized carbons (Fsp3) is 0.227. The molecule has 0 aliphatic carbocycles. The Bertz CT molecular complexity index is 1080. The van der Waals surface area contributed by atoms with E-state index in [0.29, 0.717) is 31.7 Å². The van der Waals surface area contributed by atoms with Crippen LogP contribution in [0.4, 0.5) is 0 Å². The van der Waals surface area contributed by atoms with Crippen LogP contribution >= 0.6 is 15.9 Å². The second-order valence-electron chi connectivity index (χ2n) is 7.06. The van der Waals surface area contributed by atoms with E-state index < -0.39 is 0 Å². The second-order valence-corrected chi connectivity index (χ2v) is 7.98. The predicted molar refractivity (Wildman–Crippen MR) is 116 cm³/mol. The molecule has 2 aromatic carbocycles. The highest BCUT2D eigenvalue weighted by Gasteiger charge is 2.24. The third-order valence-corrected chi connectivity index (χ3v) is 5.67. The number of fused-ring (bicyclic) bond motifs is 1. The fourth-order valence-corrected chi connectivity index (χ4v) is 3.69. The minimum Gasteiger partial charge on any atom is -0.336 e. The first-order valence-electron chi connectivity index (χ1n) is 9.44. The van der Waals surface area contributed by atoms with Crippen molar-refractivity contribution in [3.63, 3.8) is 0 Å². The molecule has 6 nitrogen and oxygen atoms in total. The molecule has 3 aromatic rings. The van der Waals surface area contributed by atoms with Gasteiger partial charge in [-0.05, 0) is 42.0 Å². The zero-order valence-electron chi connectivity index (χ0n) is 16.1. The van der Waals surface area contributed by atoms with Crippen molar-refractivity contribution < 1.29 is 9.59 Å². The van der Waals surface area contributed by atoms with Gasteiger partial charge in [-0.1, -0.05) is 28.1 Å². The van der Waals surface area contributed by atoms with Gasteiger partial charge in [-0.2, -0.15) is 0 Å².